The van der Waals surface area contributed by atoms with Crippen molar-refractivity contribution in [3.05, 3.63) is 35.4 Å². The minimum atomic E-state index is -3.09. The van der Waals surface area contributed by atoms with Crippen LogP contribution in [-0.4, -0.2) is 38.1 Å². The Hall–Kier alpha value is -1.05. The average Bonchev–Trinajstić information content (AvgIpc) is 2.68. The van der Waals surface area contributed by atoms with E-state index in [1.165, 1.54) is 16.4 Å². The first kappa shape index (κ1) is 15.3. The van der Waals surface area contributed by atoms with Gasteiger partial charge in [0.1, 0.15) is 11.6 Å². The second kappa shape index (κ2) is 6.15. The highest BCUT2D eigenvalue weighted by Gasteiger charge is 2.27. The summed E-state index contributed by atoms with van der Waals surface area (Å²) < 4.78 is 51.0. The second-order valence-electron chi connectivity index (χ2n) is 4.91. The van der Waals surface area contributed by atoms with Gasteiger partial charge < -0.3 is 5.32 Å². The molecule has 4 nitrogen and oxygen atoms in total. The molecule has 2 rings (SSSR count). The van der Waals surface area contributed by atoms with Gasteiger partial charge in [0.25, 0.3) is 0 Å². The topological polar surface area (TPSA) is 49.4 Å². The summed E-state index contributed by atoms with van der Waals surface area (Å²) >= 11 is 0. The van der Waals surface area contributed by atoms with E-state index < -0.39 is 21.7 Å². The van der Waals surface area contributed by atoms with Crippen LogP contribution in [0.4, 0.5) is 8.78 Å². The molecule has 0 aliphatic carbocycles. The third-order valence-electron chi connectivity index (χ3n) is 3.44. The first-order valence-electron chi connectivity index (χ1n) is 6.56. The van der Waals surface area contributed by atoms with Crippen LogP contribution in [0.3, 0.4) is 0 Å². The van der Waals surface area contributed by atoms with Gasteiger partial charge in [-0.3, -0.25) is 0 Å². The van der Waals surface area contributed by atoms with Gasteiger partial charge in [0.2, 0.25) is 10.0 Å². The molecule has 7 heteroatoms. The maximum Gasteiger partial charge on any atom is 0.214 e. The summed E-state index contributed by atoms with van der Waals surface area (Å²) in [6.45, 7) is 3.10. The van der Waals surface area contributed by atoms with Crippen LogP contribution in [-0.2, 0) is 10.0 Å². The van der Waals surface area contributed by atoms with Crippen LogP contribution < -0.4 is 5.32 Å². The fourth-order valence-corrected chi connectivity index (χ4v) is 3.84. The highest BCUT2D eigenvalue weighted by Crippen LogP contribution is 2.18. The molecule has 0 saturated carbocycles. The van der Waals surface area contributed by atoms with E-state index in [-0.39, 0.29) is 11.8 Å². The summed E-state index contributed by atoms with van der Waals surface area (Å²) in [7, 11) is -3.09. The van der Waals surface area contributed by atoms with Gasteiger partial charge in [-0.2, -0.15) is 0 Å². The number of nitrogens with one attached hydrogen (secondary N) is 1. The zero-order chi connectivity index (χ0) is 14.8. The number of halogens is 2. The van der Waals surface area contributed by atoms with E-state index in [1.807, 2.05) is 0 Å². The first-order valence-corrected chi connectivity index (χ1v) is 8.17. The van der Waals surface area contributed by atoms with Gasteiger partial charge >= 0.3 is 0 Å². The van der Waals surface area contributed by atoms with Crippen LogP contribution in [0.15, 0.2) is 18.2 Å². The Balaban J connectivity index is 1.88. The molecule has 0 aromatic heterocycles. The molecular formula is C13H18F2N2O2S. The molecule has 1 aliphatic rings. The third kappa shape index (κ3) is 3.53. The van der Waals surface area contributed by atoms with Crippen molar-refractivity contribution in [2.24, 2.45) is 0 Å². The Kier molecular flexibility index (Phi) is 4.72. The van der Waals surface area contributed by atoms with Crippen LogP contribution >= 0.6 is 0 Å². The molecule has 1 aliphatic heterocycles. The van der Waals surface area contributed by atoms with Crippen LogP contribution in [0.25, 0.3) is 0 Å². The van der Waals surface area contributed by atoms with Crippen molar-refractivity contribution in [3.8, 4) is 0 Å². The van der Waals surface area contributed by atoms with Gasteiger partial charge in [-0.05, 0) is 19.4 Å². The Morgan fingerprint density at radius 1 is 1.40 bits per heavy atom. The van der Waals surface area contributed by atoms with Gasteiger partial charge in [-0.25, -0.2) is 21.5 Å². The van der Waals surface area contributed by atoms with E-state index >= 15 is 0 Å². The SMILES string of the molecule is CC(NCCN1CCCS1(=O)=O)c1ccc(F)cc1F. The van der Waals surface area contributed by atoms with E-state index in [0.717, 1.165) is 6.07 Å². The minimum Gasteiger partial charge on any atom is -0.309 e. The van der Waals surface area contributed by atoms with Crippen molar-refractivity contribution >= 4 is 10.0 Å². The first-order chi connectivity index (χ1) is 9.40. The van der Waals surface area contributed by atoms with Crippen LogP contribution in [0.5, 0.6) is 0 Å². The lowest BCUT2D eigenvalue weighted by Crippen LogP contribution is -2.34. The molecule has 1 aromatic rings. The predicted molar refractivity (Wildman–Crippen MR) is 72.8 cm³/mol. The van der Waals surface area contributed by atoms with Crippen molar-refractivity contribution in [3.63, 3.8) is 0 Å². The molecule has 1 heterocycles. The minimum absolute atomic E-state index is 0.204. The molecule has 0 radical (unpaired) electrons. The van der Waals surface area contributed by atoms with Gasteiger partial charge in [-0.1, -0.05) is 6.07 Å². The van der Waals surface area contributed by atoms with E-state index in [0.29, 0.717) is 31.6 Å². The van der Waals surface area contributed by atoms with Crippen molar-refractivity contribution in [1.29, 1.82) is 0 Å². The molecule has 1 unspecified atom stereocenters. The summed E-state index contributed by atoms with van der Waals surface area (Å²) in [6, 6.07) is 3.15. The molecule has 1 atom stereocenters. The summed E-state index contributed by atoms with van der Waals surface area (Å²) in [5.74, 6) is -1.00. The Morgan fingerprint density at radius 2 is 2.15 bits per heavy atom. The lowest BCUT2D eigenvalue weighted by atomic mass is 10.1. The number of sulfonamides is 1. The zero-order valence-electron chi connectivity index (χ0n) is 11.3. The highest BCUT2D eigenvalue weighted by atomic mass is 32.2. The average molecular weight is 304 g/mol. The van der Waals surface area contributed by atoms with Gasteiger partial charge in [0.05, 0.1) is 5.75 Å². The lowest BCUT2D eigenvalue weighted by Gasteiger charge is -2.18. The van der Waals surface area contributed by atoms with Crippen molar-refractivity contribution in [1.82, 2.24) is 9.62 Å². The largest absolute Gasteiger partial charge is 0.309 e. The van der Waals surface area contributed by atoms with Crippen LogP contribution in [0, 0.1) is 11.6 Å². The van der Waals surface area contributed by atoms with Crippen LogP contribution in [0.2, 0.25) is 0 Å². The highest BCUT2D eigenvalue weighted by molar-refractivity contribution is 7.89. The number of benzene rings is 1. The summed E-state index contributed by atoms with van der Waals surface area (Å²) in [5.41, 5.74) is 0.371. The molecule has 1 aromatic carbocycles. The van der Waals surface area contributed by atoms with Crippen LogP contribution in [0.1, 0.15) is 24.9 Å². The Labute approximate surface area is 117 Å². The lowest BCUT2D eigenvalue weighted by molar-refractivity contribution is 0.418. The zero-order valence-corrected chi connectivity index (χ0v) is 12.1. The summed E-state index contributed by atoms with van der Waals surface area (Å²) in [4.78, 5) is 0. The molecule has 1 saturated heterocycles. The Morgan fingerprint density at radius 3 is 2.75 bits per heavy atom. The second-order valence-corrected chi connectivity index (χ2v) is 7.00. The standard InChI is InChI=1S/C13H18F2N2O2S/c1-10(12-4-3-11(14)9-13(12)15)16-5-7-17-6-2-8-20(17,18)19/h3-4,9-10,16H,2,5-8H2,1H3. The predicted octanol–water partition coefficient (Wildman–Crippen LogP) is 1.65. The number of nitrogens with zero attached hydrogens (tertiary/aromatic N) is 1. The van der Waals surface area contributed by atoms with E-state index in [1.54, 1.807) is 6.92 Å². The van der Waals surface area contributed by atoms with Crippen molar-refractivity contribution < 1.29 is 17.2 Å². The third-order valence-corrected chi connectivity index (χ3v) is 5.40. The molecule has 0 bridgehead atoms. The number of hydrogen-bond donors (Lipinski definition) is 1. The fraction of sp³-hybridized carbons (Fsp3) is 0.538. The maximum absolute atomic E-state index is 13.6. The van der Waals surface area contributed by atoms with Gasteiger partial charge in [0, 0.05) is 37.3 Å². The maximum atomic E-state index is 13.6. The normalized spacial score (nSPS) is 20.1. The molecule has 1 N–H and O–H groups in total. The number of hydrogen-bond acceptors (Lipinski definition) is 3. The number of rotatable bonds is 5. The van der Waals surface area contributed by atoms with Crippen molar-refractivity contribution in [2.75, 3.05) is 25.4 Å². The molecule has 0 amide bonds. The van der Waals surface area contributed by atoms with E-state index in [4.69, 9.17) is 0 Å². The Bertz CT molecular complexity index is 578. The fourth-order valence-electron chi connectivity index (χ4n) is 2.31. The summed E-state index contributed by atoms with van der Waals surface area (Å²) in [6.07, 6.45) is 0.657. The molecule has 1 fully saturated rings. The van der Waals surface area contributed by atoms with E-state index in [2.05, 4.69) is 5.32 Å². The van der Waals surface area contributed by atoms with Crippen molar-refractivity contribution in [2.45, 2.75) is 19.4 Å². The molecule has 0 spiro atoms. The summed E-state index contributed by atoms with van der Waals surface area (Å²) in [5, 5.41) is 3.06. The monoisotopic (exact) mass is 304 g/mol. The smallest absolute Gasteiger partial charge is 0.214 e. The van der Waals surface area contributed by atoms with Gasteiger partial charge in [0.15, 0.2) is 0 Å². The molecule has 112 valence electrons. The molecular weight excluding hydrogens is 286 g/mol. The van der Waals surface area contributed by atoms with E-state index in [9.17, 15) is 17.2 Å². The quantitative estimate of drug-likeness (QED) is 0.900. The van der Waals surface area contributed by atoms with Gasteiger partial charge in [-0.15, -0.1) is 0 Å². The molecule has 20 heavy (non-hydrogen) atoms.